The number of hydrogen-bond donors (Lipinski definition) is 0. The number of nitrogens with zero attached hydrogens (tertiary/aromatic N) is 6. The molecule has 2 aromatic rings. The van der Waals surface area contributed by atoms with Crippen LogP contribution in [-0.4, -0.2) is 62.2 Å². The summed E-state index contributed by atoms with van der Waals surface area (Å²) in [5.41, 5.74) is 0.692. The predicted octanol–water partition coefficient (Wildman–Crippen LogP) is 3.97. The van der Waals surface area contributed by atoms with Crippen LogP contribution >= 0.6 is 0 Å². The minimum absolute atomic E-state index is 0.168. The van der Waals surface area contributed by atoms with Gasteiger partial charge in [-0.25, -0.2) is 9.07 Å². The Kier molecular flexibility index (Phi) is 6.09. The quantitative estimate of drug-likeness (QED) is 0.744. The van der Waals surface area contributed by atoms with Gasteiger partial charge < -0.3 is 0 Å². The molecule has 1 unspecified atom stereocenters. The van der Waals surface area contributed by atoms with Gasteiger partial charge in [-0.05, 0) is 42.2 Å². The Balaban J connectivity index is 1.41. The molecule has 2 heterocycles. The molecule has 5 rings (SSSR count). The second-order valence-corrected chi connectivity index (χ2v) is 9.21. The van der Waals surface area contributed by atoms with E-state index in [2.05, 4.69) is 25.3 Å². The highest BCUT2D eigenvalue weighted by molar-refractivity contribution is 5.27. The molecule has 1 aromatic heterocycles. The molecule has 3 aliphatic rings. The van der Waals surface area contributed by atoms with Crippen molar-refractivity contribution < 1.29 is 4.39 Å². The molecule has 0 N–H and O–H groups in total. The monoisotopic (exact) mass is 412 g/mol. The van der Waals surface area contributed by atoms with E-state index in [4.69, 9.17) is 0 Å². The van der Waals surface area contributed by atoms with Crippen molar-refractivity contribution in [2.45, 2.75) is 75.9 Å². The van der Waals surface area contributed by atoms with Gasteiger partial charge in [-0.1, -0.05) is 50.3 Å². The van der Waals surface area contributed by atoms with E-state index in [0.29, 0.717) is 11.6 Å². The molecule has 1 aromatic carbocycles. The van der Waals surface area contributed by atoms with Gasteiger partial charge in [0.1, 0.15) is 11.9 Å². The van der Waals surface area contributed by atoms with Crippen molar-refractivity contribution in [1.29, 1.82) is 0 Å². The van der Waals surface area contributed by atoms with Crippen LogP contribution < -0.4 is 0 Å². The second kappa shape index (κ2) is 9.10. The first-order valence-electron chi connectivity index (χ1n) is 11.8. The number of hydrogen-bond acceptors (Lipinski definition) is 5. The summed E-state index contributed by atoms with van der Waals surface area (Å²) in [4.78, 5) is 5.06. The fraction of sp³-hybridized carbons (Fsp3) is 0.696. The van der Waals surface area contributed by atoms with E-state index in [1.807, 2.05) is 16.8 Å². The van der Waals surface area contributed by atoms with Crippen molar-refractivity contribution in [3.63, 3.8) is 0 Å². The molecular formula is C23H33FN6. The van der Waals surface area contributed by atoms with Crippen LogP contribution in [0.15, 0.2) is 24.3 Å². The van der Waals surface area contributed by atoms with Crippen molar-refractivity contribution >= 4 is 0 Å². The summed E-state index contributed by atoms with van der Waals surface area (Å²) >= 11 is 0. The number of benzene rings is 1. The van der Waals surface area contributed by atoms with Gasteiger partial charge in [0.2, 0.25) is 0 Å². The number of rotatable bonds is 5. The van der Waals surface area contributed by atoms with E-state index in [9.17, 15) is 4.39 Å². The fourth-order valence-electron chi connectivity index (χ4n) is 5.79. The van der Waals surface area contributed by atoms with Gasteiger partial charge in [-0.3, -0.25) is 9.80 Å². The van der Waals surface area contributed by atoms with Gasteiger partial charge in [-0.2, -0.15) is 0 Å². The van der Waals surface area contributed by atoms with E-state index in [1.165, 1.54) is 44.9 Å². The van der Waals surface area contributed by atoms with Gasteiger partial charge in [0.15, 0.2) is 5.82 Å². The van der Waals surface area contributed by atoms with Gasteiger partial charge in [-0.15, -0.1) is 5.10 Å². The predicted molar refractivity (Wildman–Crippen MR) is 114 cm³/mol. The Morgan fingerprint density at radius 1 is 0.833 bits per heavy atom. The minimum atomic E-state index is -0.227. The van der Waals surface area contributed by atoms with E-state index >= 15 is 0 Å². The van der Waals surface area contributed by atoms with Gasteiger partial charge in [0.25, 0.3) is 0 Å². The van der Waals surface area contributed by atoms with Gasteiger partial charge >= 0.3 is 0 Å². The molecule has 3 fully saturated rings. The maximum atomic E-state index is 14.9. The van der Waals surface area contributed by atoms with E-state index in [1.54, 1.807) is 12.1 Å². The molecule has 0 amide bonds. The molecule has 0 bridgehead atoms. The summed E-state index contributed by atoms with van der Waals surface area (Å²) in [7, 11) is 0. The lowest BCUT2D eigenvalue weighted by molar-refractivity contribution is 0.0608. The Hall–Kier alpha value is -1.86. The van der Waals surface area contributed by atoms with E-state index < -0.39 is 0 Å². The van der Waals surface area contributed by atoms with Crippen LogP contribution in [0.5, 0.6) is 0 Å². The van der Waals surface area contributed by atoms with E-state index in [0.717, 1.165) is 50.9 Å². The molecule has 1 saturated heterocycles. The van der Waals surface area contributed by atoms with Crippen LogP contribution in [0.1, 0.15) is 81.3 Å². The second-order valence-electron chi connectivity index (χ2n) is 9.21. The zero-order chi connectivity index (χ0) is 20.3. The zero-order valence-electron chi connectivity index (χ0n) is 17.8. The first-order chi connectivity index (χ1) is 14.8. The van der Waals surface area contributed by atoms with Gasteiger partial charge in [0, 0.05) is 37.8 Å². The summed E-state index contributed by atoms with van der Waals surface area (Å²) in [6, 6.07) is 8.00. The minimum Gasteiger partial charge on any atom is -0.298 e. The summed E-state index contributed by atoms with van der Waals surface area (Å²) in [5, 5.41) is 12.8. The molecular weight excluding hydrogens is 379 g/mol. The molecule has 2 aliphatic carbocycles. The Bertz CT molecular complexity index is 819. The number of halogens is 1. The third-order valence-electron chi connectivity index (χ3n) is 7.44. The van der Waals surface area contributed by atoms with Gasteiger partial charge in [0.05, 0.1) is 6.04 Å². The Morgan fingerprint density at radius 2 is 1.50 bits per heavy atom. The highest BCUT2D eigenvalue weighted by atomic mass is 19.1. The summed E-state index contributed by atoms with van der Waals surface area (Å²) < 4.78 is 16.9. The normalized spacial score (nSPS) is 23.8. The highest BCUT2D eigenvalue weighted by Gasteiger charge is 2.35. The fourth-order valence-corrected chi connectivity index (χ4v) is 5.79. The van der Waals surface area contributed by atoms with Crippen LogP contribution in [0.2, 0.25) is 0 Å². The number of piperazine rings is 1. The molecule has 0 radical (unpaired) electrons. The lowest BCUT2D eigenvalue weighted by Crippen LogP contribution is -2.52. The average molecular weight is 413 g/mol. The van der Waals surface area contributed by atoms with Crippen molar-refractivity contribution in [2.24, 2.45) is 0 Å². The average Bonchev–Trinajstić information content (AvgIpc) is 3.48. The van der Waals surface area contributed by atoms with Crippen LogP contribution in [0.25, 0.3) is 0 Å². The standard InChI is InChI=1S/C23H33FN6/c24-21-13-7-6-12-20(21)22(23-25-26-27-30(23)19-10-4-5-11-19)29-16-14-28(15-17-29)18-8-2-1-3-9-18/h6-7,12-13,18-19,22H,1-5,8-11,14-17H2. The highest BCUT2D eigenvalue weighted by Crippen LogP contribution is 2.35. The van der Waals surface area contributed by atoms with Crippen LogP contribution in [0, 0.1) is 5.82 Å². The molecule has 30 heavy (non-hydrogen) atoms. The summed E-state index contributed by atoms with van der Waals surface area (Å²) in [5.74, 6) is 0.635. The number of tetrazole rings is 1. The van der Waals surface area contributed by atoms with Crippen molar-refractivity contribution in [1.82, 2.24) is 30.0 Å². The molecule has 1 atom stereocenters. The van der Waals surface area contributed by atoms with Crippen molar-refractivity contribution in [2.75, 3.05) is 26.2 Å². The van der Waals surface area contributed by atoms with Crippen LogP contribution in [0.4, 0.5) is 4.39 Å². The first-order valence-corrected chi connectivity index (χ1v) is 11.8. The Labute approximate surface area is 178 Å². The first kappa shape index (κ1) is 20.1. The lowest BCUT2D eigenvalue weighted by Gasteiger charge is -2.43. The molecule has 7 heteroatoms. The summed E-state index contributed by atoms with van der Waals surface area (Å²) in [6.07, 6.45) is 11.4. The van der Waals surface area contributed by atoms with Crippen molar-refractivity contribution in [3.05, 3.63) is 41.5 Å². The maximum absolute atomic E-state index is 14.9. The molecule has 0 spiro atoms. The van der Waals surface area contributed by atoms with E-state index in [-0.39, 0.29) is 11.9 Å². The molecule has 162 valence electrons. The molecule has 2 saturated carbocycles. The smallest absolute Gasteiger partial charge is 0.173 e. The lowest BCUT2D eigenvalue weighted by atomic mass is 9.93. The zero-order valence-corrected chi connectivity index (χ0v) is 17.8. The maximum Gasteiger partial charge on any atom is 0.173 e. The Morgan fingerprint density at radius 3 is 2.23 bits per heavy atom. The summed E-state index contributed by atoms with van der Waals surface area (Å²) in [6.45, 7) is 3.93. The topological polar surface area (TPSA) is 50.1 Å². The largest absolute Gasteiger partial charge is 0.298 e. The molecule has 1 aliphatic heterocycles. The third-order valence-corrected chi connectivity index (χ3v) is 7.44. The SMILES string of the molecule is Fc1ccccc1C(c1nnnn1C1CCCC1)N1CCN(C2CCCCC2)CC1. The van der Waals surface area contributed by atoms with Crippen molar-refractivity contribution in [3.8, 4) is 0 Å². The third kappa shape index (κ3) is 4.02. The molecule has 6 nitrogen and oxygen atoms in total. The van der Waals surface area contributed by atoms with Crippen LogP contribution in [-0.2, 0) is 0 Å². The van der Waals surface area contributed by atoms with Crippen LogP contribution in [0.3, 0.4) is 0 Å². The number of aromatic nitrogens is 4.